The van der Waals surface area contributed by atoms with Gasteiger partial charge in [0.25, 0.3) is 0 Å². The van der Waals surface area contributed by atoms with E-state index in [4.69, 9.17) is 15.4 Å². The lowest BCUT2D eigenvalue weighted by Gasteiger charge is -2.10. The Hall–Kier alpha value is -0.860. The van der Waals surface area contributed by atoms with E-state index in [1.807, 2.05) is 31.2 Å². The van der Waals surface area contributed by atoms with Gasteiger partial charge in [-0.1, -0.05) is 6.08 Å². The highest BCUT2D eigenvalue weighted by Gasteiger charge is 2.03. The van der Waals surface area contributed by atoms with Gasteiger partial charge in [0.2, 0.25) is 0 Å². The molecular formula is C13H13ClOS. The summed E-state index contributed by atoms with van der Waals surface area (Å²) in [5.41, 5.74) is 1.14. The van der Waals surface area contributed by atoms with E-state index in [0.717, 1.165) is 34.8 Å². The molecule has 1 aromatic carbocycles. The number of benzene rings is 1. The predicted octanol–water partition coefficient (Wildman–Crippen LogP) is 4.85. The highest BCUT2D eigenvalue weighted by Crippen LogP contribution is 2.29. The number of ether oxygens (including phenoxy) is 1. The third-order valence-corrected chi connectivity index (χ3v) is 3.55. The number of aryl methyl sites for hydroxylation is 1. The van der Waals surface area contributed by atoms with E-state index in [2.05, 4.69) is 12.2 Å². The molecule has 0 N–H and O–H groups in total. The van der Waals surface area contributed by atoms with Gasteiger partial charge < -0.3 is 4.74 Å². The molecule has 1 aromatic rings. The van der Waals surface area contributed by atoms with Gasteiger partial charge in [0.1, 0.15) is 11.5 Å². The summed E-state index contributed by atoms with van der Waals surface area (Å²) in [4.78, 5) is 1.07. The normalized spacial score (nSPS) is 14.8. The summed E-state index contributed by atoms with van der Waals surface area (Å²) in [7, 11) is 6.97. The minimum atomic E-state index is 0.866. The highest BCUT2D eigenvalue weighted by atomic mass is 35.7. The van der Waals surface area contributed by atoms with Crippen molar-refractivity contribution < 1.29 is 4.74 Å². The first kappa shape index (κ1) is 11.6. The molecule has 0 fully saturated rings. The molecule has 0 radical (unpaired) electrons. The van der Waals surface area contributed by atoms with Gasteiger partial charge in [-0.15, -0.1) is 0 Å². The molecule has 1 aliphatic rings. The monoisotopic (exact) mass is 252 g/mol. The van der Waals surface area contributed by atoms with Crippen LogP contribution < -0.4 is 4.74 Å². The number of allylic oxidation sites excluding steroid dienone is 3. The molecule has 1 aliphatic carbocycles. The van der Waals surface area contributed by atoms with Gasteiger partial charge in [0.05, 0.1) is 0 Å². The van der Waals surface area contributed by atoms with E-state index < -0.39 is 0 Å². The molecule has 0 amide bonds. The molecule has 0 spiro atoms. The van der Waals surface area contributed by atoms with Crippen LogP contribution in [-0.4, -0.2) is 0 Å². The van der Waals surface area contributed by atoms with E-state index in [1.165, 1.54) is 11.0 Å². The number of rotatable bonds is 3. The average molecular weight is 253 g/mol. The quantitative estimate of drug-likeness (QED) is 0.760. The Labute approximate surface area is 105 Å². The summed E-state index contributed by atoms with van der Waals surface area (Å²) in [5.74, 6) is 1.79. The van der Waals surface area contributed by atoms with Crippen LogP contribution in [0.3, 0.4) is 0 Å². The first-order valence-electron chi connectivity index (χ1n) is 5.23. The average Bonchev–Trinajstić information content (AvgIpc) is 2.31. The number of halogens is 1. The van der Waals surface area contributed by atoms with Crippen LogP contribution in [0.25, 0.3) is 0 Å². The fraction of sp³-hybridized carbons (Fsp3) is 0.231. The smallest absolute Gasteiger partial charge is 0.127 e. The van der Waals surface area contributed by atoms with Gasteiger partial charge in [0, 0.05) is 4.90 Å². The van der Waals surface area contributed by atoms with Crippen molar-refractivity contribution in [3.8, 4) is 5.75 Å². The lowest BCUT2D eigenvalue weighted by Crippen LogP contribution is -1.95. The van der Waals surface area contributed by atoms with Crippen LogP contribution in [-0.2, 0) is 0 Å². The fourth-order valence-corrected chi connectivity index (χ4v) is 2.39. The molecule has 0 saturated heterocycles. The van der Waals surface area contributed by atoms with Crippen molar-refractivity contribution >= 4 is 21.7 Å². The molecule has 3 heteroatoms. The Morgan fingerprint density at radius 3 is 2.81 bits per heavy atom. The lowest BCUT2D eigenvalue weighted by atomic mass is 10.2. The van der Waals surface area contributed by atoms with Crippen LogP contribution >= 0.6 is 21.7 Å². The Bertz CT molecular complexity index is 438. The van der Waals surface area contributed by atoms with Gasteiger partial charge in [-0.3, -0.25) is 0 Å². The maximum atomic E-state index is 5.76. The van der Waals surface area contributed by atoms with E-state index in [9.17, 15) is 0 Å². The minimum absolute atomic E-state index is 0.866. The summed E-state index contributed by atoms with van der Waals surface area (Å²) in [6.45, 7) is 2.03. The summed E-state index contributed by atoms with van der Waals surface area (Å²) < 4.78 is 5.76. The summed E-state index contributed by atoms with van der Waals surface area (Å²) in [6.07, 6.45) is 8.42. The van der Waals surface area contributed by atoms with Crippen molar-refractivity contribution in [2.75, 3.05) is 0 Å². The summed E-state index contributed by atoms with van der Waals surface area (Å²) >= 11 is 0. The molecule has 0 atom stereocenters. The third-order valence-electron chi connectivity index (χ3n) is 2.43. The van der Waals surface area contributed by atoms with Crippen LogP contribution in [0.4, 0.5) is 0 Å². The zero-order valence-corrected chi connectivity index (χ0v) is 10.6. The Kier molecular flexibility index (Phi) is 3.97. The molecule has 0 saturated carbocycles. The molecule has 2 rings (SSSR count). The Balaban J connectivity index is 2.13. The second-order valence-electron chi connectivity index (χ2n) is 3.69. The van der Waals surface area contributed by atoms with Crippen LogP contribution in [0.5, 0.6) is 5.75 Å². The second kappa shape index (κ2) is 5.46. The highest BCUT2D eigenvalue weighted by molar-refractivity contribution is 8.21. The van der Waals surface area contributed by atoms with Gasteiger partial charge >= 0.3 is 0 Å². The molecule has 0 aromatic heterocycles. The first-order valence-corrected chi connectivity index (χ1v) is 6.87. The maximum absolute atomic E-state index is 5.76. The third kappa shape index (κ3) is 2.83. The van der Waals surface area contributed by atoms with Gasteiger partial charge in [-0.25, -0.2) is 0 Å². The van der Waals surface area contributed by atoms with Gasteiger partial charge in [0.15, 0.2) is 0 Å². The topological polar surface area (TPSA) is 9.23 Å². The SMILES string of the molecule is Cc1cc(OC2=CCCC=C2)ccc1SCl. The van der Waals surface area contributed by atoms with Crippen LogP contribution in [0.2, 0.25) is 0 Å². The standard InChI is InChI=1S/C13H13ClOS/c1-10-9-12(7-8-13(10)16-14)15-11-5-3-2-4-6-11/h3,5-9H,2,4H2,1H3. The number of hydrogen-bond donors (Lipinski definition) is 0. The first-order chi connectivity index (χ1) is 7.79. The minimum Gasteiger partial charge on any atom is -0.458 e. The van der Waals surface area contributed by atoms with E-state index >= 15 is 0 Å². The van der Waals surface area contributed by atoms with Crippen molar-refractivity contribution in [1.82, 2.24) is 0 Å². The summed E-state index contributed by atoms with van der Waals surface area (Å²) in [6, 6.07) is 5.93. The van der Waals surface area contributed by atoms with Crippen molar-refractivity contribution in [3.05, 3.63) is 47.7 Å². The zero-order valence-electron chi connectivity index (χ0n) is 9.07. The van der Waals surface area contributed by atoms with Gasteiger partial charge in [-0.2, -0.15) is 0 Å². The van der Waals surface area contributed by atoms with Crippen molar-refractivity contribution in [2.24, 2.45) is 0 Å². The molecule has 84 valence electrons. The van der Waals surface area contributed by atoms with Crippen molar-refractivity contribution in [3.63, 3.8) is 0 Å². The van der Waals surface area contributed by atoms with E-state index in [1.54, 1.807) is 0 Å². The Morgan fingerprint density at radius 2 is 2.19 bits per heavy atom. The molecule has 16 heavy (non-hydrogen) atoms. The Morgan fingerprint density at radius 1 is 1.31 bits per heavy atom. The molecule has 0 heterocycles. The fourth-order valence-electron chi connectivity index (χ4n) is 1.57. The second-order valence-corrected chi connectivity index (χ2v) is 4.75. The molecule has 0 bridgehead atoms. The lowest BCUT2D eigenvalue weighted by molar-refractivity contribution is 0.438. The molecule has 0 aliphatic heterocycles. The van der Waals surface area contributed by atoms with Crippen LogP contribution in [0.15, 0.2) is 47.1 Å². The van der Waals surface area contributed by atoms with Crippen molar-refractivity contribution in [1.29, 1.82) is 0 Å². The zero-order chi connectivity index (χ0) is 11.4. The largest absolute Gasteiger partial charge is 0.458 e. The van der Waals surface area contributed by atoms with E-state index in [-0.39, 0.29) is 0 Å². The van der Waals surface area contributed by atoms with Crippen LogP contribution in [0, 0.1) is 6.92 Å². The van der Waals surface area contributed by atoms with Crippen molar-refractivity contribution in [2.45, 2.75) is 24.7 Å². The molecule has 1 nitrogen and oxygen atoms in total. The number of hydrogen-bond acceptors (Lipinski definition) is 2. The van der Waals surface area contributed by atoms with Gasteiger partial charge in [-0.05, 0) is 77.3 Å². The molecule has 0 unspecified atom stereocenters. The summed E-state index contributed by atoms with van der Waals surface area (Å²) in [5, 5.41) is 0. The molecular weight excluding hydrogens is 240 g/mol. The van der Waals surface area contributed by atoms with Crippen LogP contribution in [0.1, 0.15) is 18.4 Å². The maximum Gasteiger partial charge on any atom is 0.127 e. The predicted molar refractivity (Wildman–Crippen MR) is 70.0 cm³/mol. The van der Waals surface area contributed by atoms with E-state index in [0.29, 0.717) is 0 Å².